The van der Waals surface area contributed by atoms with Crippen molar-refractivity contribution >= 4 is 0 Å². The zero-order valence-corrected chi connectivity index (χ0v) is 6.15. The molecule has 1 heteroatoms. The fraction of sp³-hybridized carbons (Fsp3) is 0.714. The van der Waals surface area contributed by atoms with E-state index in [1.54, 1.807) is 0 Å². The molecule has 0 spiro atoms. The van der Waals surface area contributed by atoms with Gasteiger partial charge in [0.2, 0.25) is 0 Å². The maximum Gasteiger partial charge on any atom is 0.0201 e. The van der Waals surface area contributed by atoms with E-state index in [4.69, 9.17) is 0 Å². The summed E-state index contributed by atoms with van der Waals surface area (Å²) >= 11 is 0. The van der Waals surface area contributed by atoms with Crippen molar-refractivity contribution in [3.8, 4) is 0 Å². The maximum absolute atomic E-state index is 3.25. The van der Waals surface area contributed by atoms with Crippen LogP contribution in [0.2, 0.25) is 0 Å². The lowest BCUT2D eigenvalue weighted by Crippen LogP contribution is -2.19. The van der Waals surface area contributed by atoms with E-state index >= 15 is 0 Å². The van der Waals surface area contributed by atoms with Gasteiger partial charge in [0.05, 0.1) is 0 Å². The Morgan fingerprint density at radius 2 is 2.00 bits per heavy atom. The van der Waals surface area contributed by atoms with Crippen molar-refractivity contribution in [3.63, 3.8) is 0 Å². The monoisotopic (exact) mass is 113 g/mol. The van der Waals surface area contributed by atoms with E-state index in [0.717, 1.165) is 0 Å². The molecule has 0 saturated carbocycles. The molecule has 0 aliphatic rings. The summed E-state index contributed by atoms with van der Waals surface area (Å²) in [7, 11) is 0. The largest absolute Gasteiger partial charge is 0.387 e. The third-order valence-corrected chi connectivity index (χ3v) is 0.949. The van der Waals surface area contributed by atoms with Gasteiger partial charge in [0.1, 0.15) is 0 Å². The van der Waals surface area contributed by atoms with Gasteiger partial charge in [-0.25, -0.2) is 0 Å². The molecule has 0 unspecified atom stereocenters. The molecule has 0 aromatic carbocycles. The summed E-state index contributed by atoms with van der Waals surface area (Å²) in [4.78, 5) is 0. The van der Waals surface area contributed by atoms with Gasteiger partial charge in [0.25, 0.3) is 0 Å². The molecule has 0 heterocycles. The molecule has 0 bridgehead atoms. The number of allylic oxidation sites excluding steroid dienone is 2. The molecule has 0 aliphatic carbocycles. The number of rotatable bonds is 2. The molecule has 0 saturated heterocycles. The first-order chi connectivity index (χ1) is 3.66. The van der Waals surface area contributed by atoms with Crippen LogP contribution in [0.1, 0.15) is 27.7 Å². The summed E-state index contributed by atoms with van der Waals surface area (Å²) in [6, 6.07) is 0.561. The van der Waals surface area contributed by atoms with Crippen LogP contribution < -0.4 is 5.32 Å². The lowest BCUT2D eigenvalue weighted by atomic mass is 10.3. The number of nitrogens with one attached hydrogen (secondary N) is 1. The van der Waals surface area contributed by atoms with Crippen LogP contribution in [-0.4, -0.2) is 6.04 Å². The Kier molecular flexibility index (Phi) is 3.33. The van der Waals surface area contributed by atoms with E-state index in [1.807, 2.05) is 6.92 Å². The predicted molar refractivity (Wildman–Crippen MR) is 37.7 cm³/mol. The van der Waals surface area contributed by atoms with Crippen molar-refractivity contribution < 1.29 is 0 Å². The molecular formula is C7H15N. The molecular weight excluding hydrogens is 98.1 g/mol. The molecule has 0 atom stereocenters. The van der Waals surface area contributed by atoms with Crippen molar-refractivity contribution in [2.45, 2.75) is 33.7 Å². The van der Waals surface area contributed by atoms with E-state index in [2.05, 4.69) is 32.2 Å². The molecule has 0 aliphatic heterocycles. The third-order valence-electron chi connectivity index (χ3n) is 0.949. The van der Waals surface area contributed by atoms with Crippen LogP contribution in [0.25, 0.3) is 0 Å². The van der Waals surface area contributed by atoms with Gasteiger partial charge in [-0.1, -0.05) is 6.08 Å². The van der Waals surface area contributed by atoms with Gasteiger partial charge in [-0.2, -0.15) is 0 Å². The average Bonchev–Trinajstić information content (AvgIpc) is 1.65. The van der Waals surface area contributed by atoms with Crippen LogP contribution in [0.15, 0.2) is 11.8 Å². The molecule has 0 amide bonds. The van der Waals surface area contributed by atoms with Crippen molar-refractivity contribution in [2.75, 3.05) is 0 Å². The van der Waals surface area contributed by atoms with Gasteiger partial charge < -0.3 is 5.32 Å². The Morgan fingerprint density at radius 3 is 2.12 bits per heavy atom. The van der Waals surface area contributed by atoms with Crippen LogP contribution in [0, 0.1) is 0 Å². The molecule has 0 fully saturated rings. The molecule has 0 aromatic heterocycles. The van der Waals surface area contributed by atoms with Gasteiger partial charge in [0.15, 0.2) is 0 Å². The fourth-order valence-electron chi connectivity index (χ4n) is 0.539. The second-order valence-corrected chi connectivity index (χ2v) is 2.27. The lowest BCUT2D eigenvalue weighted by Gasteiger charge is -2.08. The minimum atomic E-state index is 0.561. The normalized spacial score (nSPS) is 12.4. The third kappa shape index (κ3) is 3.72. The maximum atomic E-state index is 3.25. The van der Waals surface area contributed by atoms with Crippen molar-refractivity contribution in [2.24, 2.45) is 0 Å². The smallest absolute Gasteiger partial charge is 0.0201 e. The van der Waals surface area contributed by atoms with Gasteiger partial charge in [0, 0.05) is 11.7 Å². The number of hydrogen-bond donors (Lipinski definition) is 1. The summed E-state index contributed by atoms with van der Waals surface area (Å²) in [5.41, 5.74) is 1.25. The summed E-state index contributed by atoms with van der Waals surface area (Å²) < 4.78 is 0. The van der Waals surface area contributed by atoms with Crippen LogP contribution in [0.4, 0.5) is 0 Å². The minimum Gasteiger partial charge on any atom is -0.387 e. The van der Waals surface area contributed by atoms with E-state index in [9.17, 15) is 0 Å². The van der Waals surface area contributed by atoms with Crippen LogP contribution in [0.5, 0.6) is 0 Å². The Balaban J connectivity index is 3.39. The topological polar surface area (TPSA) is 12.0 Å². The van der Waals surface area contributed by atoms with E-state index in [-0.39, 0.29) is 0 Å². The zero-order valence-electron chi connectivity index (χ0n) is 6.15. The van der Waals surface area contributed by atoms with E-state index in [0.29, 0.717) is 6.04 Å². The Bertz CT molecular complexity index is 82.4. The highest BCUT2D eigenvalue weighted by atomic mass is 14.9. The first-order valence-electron chi connectivity index (χ1n) is 3.06. The Hall–Kier alpha value is -0.460. The summed E-state index contributed by atoms with van der Waals surface area (Å²) in [5, 5.41) is 3.25. The van der Waals surface area contributed by atoms with Crippen LogP contribution in [-0.2, 0) is 0 Å². The van der Waals surface area contributed by atoms with Crippen LogP contribution in [0.3, 0.4) is 0 Å². The first kappa shape index (κ1) is 7.54. The van der Waals surface area contributed by atoms with Gasteiger partial charge >= 0.3 is 0 Å². The highest BCUT2D eigenvalue weighted by Gasteiger charge is 1.87. The predicted octanol–water partition coefficient (Wildman–Crippen LogP) is 1.91. The Labute approximate surface area is 51.8 Å². The van der Waals surface area contributed by atoms with Crippen molar-refractivity contribution in [1.82, 2.24) is 5.32 Å². The van der Waals surface area contributed by atoms with Crippen molar-refractivity contribution in [1.29, 1.82) is 0 Å². The minimum absolute atomic E-state index is 0.561. The first-order valence-corrected chi connectivity index (χ1v) is 3.06. The highest BCUT2D eigenvalue weighted by molar-refractivity contribution is 4.93. The van der Waals surface area contributed by atoms with Gasteiger partial charge in [-0.05, 0) is 27.7 Å². The fourth-order valence-corrected chi connectivity index (χ4v) is 0.539. The van der Waals surface area contributed by atoms with Gasteiger partial charge in [-0.3, -0.25) is 0 Å². The molecule has 0 rings (SSSR count). The average molecular weight is 113 g/mol. The molecule has 0 radical (unpaired) electrons. The number of hydrogen-bond acceptors (Lipinski definition) is 1. The van der Waals surface area contributed by atoms with E-state index < -0.39 is 0 Å². The van der Waals surface area contributed by atoms with Gasteiger partial charge in [-0.15, -0.1) is 0 Å². The molecule has 1 N–H and O–H groups in total. The summed E-state index contributed by atoms with van der Waals surface area (Å²) in [6.45, 7) is 8.37. The second kappa shape index (κ2) is 3.53. The quantitative estimate of drug-likeness (QED) is 0.576. The molecule has 1 nitrogen and oxygen atoms in total. The van der Waals surface area contributed by atoms with E-state index in [1.165, 1.54) is 5.70 Å². The van der Waals surface area contributed by atoms with Crippen molar-refractivity contribution in [3.05, 3.63) is 11.8 Å². The highest BCUT2D eigenvalue weighted by Crippen LogP contribution is 1.87. The summed E-state index contributed by atoms with van der Waals surface area (Å²) in [5.74, 6) is 0. The molecule has 8 heavy (non-hydrogen) atoms. The Morgan fingerprint density at radius 1 is 1.50 bits per heavy atom. The zero-order chi connectivity index (χ0) is 6.57. The summed E-state index contributed by atoms with van der Waals surface area (Å²) in [6.07, 6.45) is 2.07. The lowest BCUT2D eigenvalue weighted by molar-refractivity contribution is 0.668. The standard InChI is InChI=1S/C7H15N/c1-5-7(4)8-6(2)3/h5-6,8H,1-4H3/b7-5-. The van der Waals surface area contributed by atoms with Crippen LogP contribution >= 0.6 is 0 Å². The molecule has 0 aromatic rings. The second-order valence-electron chi connectivity index (χ2n) is 2.27. The SMILES string of the molecule is C/C=C(/C)NC(C)C. The molecule has 48 valence electrons.